The summed E-state index contributed by atoms with van der Waals surface area (Å²) >= 11 is 1.97. The van der Waals surface area contributed by atoms with Crippen LogP contribution < -0.4 is 0 Å². The number of thiophene rings is 1. The van der Waals surface area contributed by atoms with Gasteiger partial charge in [-0.15, -0.1) is 11.3 Å². The quantitative estimate of drug-likeness (QED) is 0.626. The summed E-state index contributed by atoms with van der Waals surface area (Å²) in [6.45, 7) is 2.21. The van der Waals surface area contributed by atoms with Crippen LogP contribution >= 0.6 is 11.3 Å². The monoisotopic (exact) mass is 214 g/mol. The Bertz CT molecular complexity index is 494. The molecular formula is C14H14S. The van der Waals surface area contributed by atoms with Crippen molar-refractivity contribution < 1.29 is 0 Å². The van der Waals surface area contributed by atoms with E-state index in [4.69, 9.17) is 0 Å². The second-order valence-electron chi connectivity index (χ2n) is 4.25. The van der Waals surface area contributed by atoms with Crippen LogP contribution in [0.2, 0.25) is 0 Å². The number of hydrogen-bond acceptors (Lipinski definition) is 1. The first-order valence-electron chi connectivity index (χ1n) is 5.48. The van der Waals surface area contributed by atoms with Crippen molar-refractivity contribution in [2.45, 2.75) is 26.2 Å². The highest BCUT2D eigenvalue weighted by Gasteiger charge is 2.14. The van der Waals surface area contributed by atoms with E-state index >= 15 is 0 Å². The fraction of sp³-hybridized carbons (Fsp3) is 0.286. The average molecular weight is 214 g/mol. The lowest BCUT2D eigenvalue weighted by atomic mass is 10.0. The molecule has 0 saturated heterocycles. The molecule has 1 aliphatic carbocycles. The van der Waals surface area contributed by atoms with Crippen LogP contribution in [0.25, 0.3) is 0 Å². The Morgan fingerprint density at radius 3 is 2.60 bits per heavy atom. The highest BCUT2D eigenvalue weighted by atomic mass is 32.1. The molecule has 0 radical (unpaired) electrons. The molecule has 0 atom stereocenters. The van der Waals surface area contributed by atoms with E-state index in [0.29, 0.717) is 0 Å². The van der Waals surface area contributed by atoms with E-state index in [1.807, 2.05) is 11.3 Å². The molecule has 1 aromatic carbocycles. The Labute approximate surface area is 94.6 Å². The fourth-order valence-corrected chi connectivity index (χ4v) is 3.50. The van der Waals surface area contributed by atoms with Gasteiger partial charge in [-0.25, -0.2) is 0 Å². The smallest absolute Gasteiger partial charge is 0.0124 e. The minimum absolute atomic E-state index is 1.14. The Kier molecular flexibility index (Phi) is 2.14. The zero-order valence-electron chi connectivity index (χ0n) is 8.92. The van der Waals surface area contributed by atoms with Crippen LogP contribution in [-0.2, 0) is 19.3 Å². The lowest BCUT2D eigenvalue weighted by Crippen LogP contribution is -1.90. The molecule has 1 heteroatoms. The van der Waals surface area contributed by atoms with Gasteiger partial charge in [0.05, 0.1) is 0 Å². The molecule has 0 bridgehead atoms. The van der Waals surface area contributed by atoms with Gasteiger partial charge in [0.15, 0.2) is 0 Å². The molecule has 76 valence electrons. The Hall–Kier alpha value is -1.08. The van der Waals surface area contributed by atoms with Crippen molar-refractivity contribution >= 4 is 11.3 Å². The second-order valence-corrected chi connectivity index (χ2v) is 5.59. The first-order chi connectivity index (χ1) is 7.33. The lowest BCUT2D eigenvalue weighted by molar-refractivity contribution is 0.969. The summed E-state index contributed by atoms with van der Waals surface area (Å²) in [4.78, 5) is 3.04. The van der Waals surface area contributed by atoms with E-state index in [9.17, 15) is 0 Å². The van der Waals surface area contributed by atoms with E-state index in [-0.39, 0.29) is 0 Å². The highest BCUT2D eigenvalue weighted by molar-refractivity contribution is 7.12. The highest BCUT2D eigenvalue weighted by Crippen LogP contribution is 2.30. The third-order valence-electron chi connectivity index (χ3n) is 3.15. The van der Waals surface area contributed by atoms with E-state index in [1.165, 1.54) is 23.3 Å². The minimum Gasteiger partial charge on any atom is -0.145 e. The van der Waals surface area contributed by atoms with Gasteiger partial charge in [0.2, 0.25) is 0 Å². The molecular weight excluding hydrogens is 200 g/mol. The van der Waals surface area contributed by atoms with Crippen LogP contribution in [0.5, 0.6) is 0 Å². The van der Waals surface area contributed by atoms with Gasteiger partial charge in [0.1, 0.15) is 0 Å². The Balaban J connectivity index is 2.08. The molecule has 15 heavy (non-hydrogen) atoms. The fourth-order valence-electron chi connectivity index (χ4n) is 2.39. The van der Waals surface area contributed by atoms with Crippen molar-refractivity contribution in [2.75, 3.05) is 0 Å². The molecule has 0 fully saturated rings. The van der Waals surface area contributed by atoms with Crippen molar-refractivity contribution in [1.29, 1.82) is 0 Å². The van der Waals surface area contributed by atoms with Crippen LogP contribution in [0.3, 0.4) is 0 Å². The second kappa shape index (κ2) is 3.49. The maximum absolute atomic E-state index is 2.37. The molecule has 1 heterocycles. The molecule has 3 rings (SSSR count). The standard InChI is InChI=1S/C14H14S/c1-10-8-13-7-6-11-4-2-3-5-12(11)9-14(13)15-10/h2-5,8H,6-7,9H2,1H3. The van der Waals surface area contributed by atoms with Gasteiger partial charge >= 0.3 is 0 Å². The van der Waals surface area contributed by atoms with Crippen LogP contribution in [-0.4, -0.2) is 0 Å². The van der Waals surface area contributed by atoms with Crippen molar-refractivity contribution in [3.63, 3.8) is 0 Å². The third-order valence-corrected chi connectivity index (χ3v) is 4.25. The van der Waals surface area contributed by atoms with Gasteiger partial charge in [-0.3, -0.25) is 0 Å². The summed E-state index contributed by atoms with van der Waals surface area (Å²) in [6, 6.07) is 11.2. The summed E-state index contributed by atoms with van der Waals surface area (Å²) in [6.07, 6.45) is 3.57. The van der Waals surface area contributed by atoms with Crippen LogP contribution in [0.1, 0.15) is 26.4 Å². The average Bonchev–Trinajstić information content (AvgIpc) is 2.49. The van der Waals surface area contributed by atoms with Crippen LogP contribution in [0.15, 0.2) is 30.3 Å². The maximum atomic E-state index is 2.37. The zero-order valence-corrected chi connectivity index (χ0v) is 9.73. The van der Waals surface area contributed by atoms with E-state index in [0.717, 1.165) is 6.42 Å². The first kappa shape index (κ1) is 9.17. The number of aryl methyl sites for hydroxylation is 3. The normalized spacial score (nSPS) is 14.2. The van der Waals surface area contributed by atoms with Crippen molar-refractivity contribution in [1.82, 2.24) is 0 Å². The lowest BCUT2D eigenvalue weighted by Gasteiger charge is -2.03. The van der Waals surface area contributed by atoms with Crippen LogP contribution in [0, 0.1) is 6.92 Å². The first-order valence-corrected chi connectivity index (χ1v) is 6.29. The molecule has 2 aromatic rings. The predicted octanol–water partition coefficient (Wildman–Crippen LogP) is 3.75. The van der Waals surface area contributed by atoms with E-state index in [1.54, 1.807) is 16.0 Å². The molecule has 0 unspecified atom stereocenters. The molecule has 0 aliphatic heterocycles. The van der Waals surface area contributed by atoms with Gasteiger partial charge in [-0.2, -0.15) is 0 Å². The van der Waals surface area contributed by atoms with Crippen LogP contribution in [0.4, 0.5) is 0 Å². The predicted molar refractivity (Wildman–Crippen MR) is 65.7 cm³/mol. The van der Waals surface area contributed by atoms with Gasteiger partial charge in [0.25, 0.3) is 0 Å². The van der Waals surface area contributed by atoms with Crippen molar-refractivity contribution in [3.05, 3.63) is 56.8 Å². The summed E-state index contributed by atoms with van der Waals surface area (Å²) in [5, 5.41) is 0. The number of hydrogen-bond donors (Lipinski definition) is 0. The Morgan fingerprint density at radius 1 is 1.00 bits per heavy atom. The van der Waals surface area contributed by atoms with E-state index in [2.05, 4.69) is 37.3 Å². The summed E-state index contributed by atoms with van der Waals surface area (Å²) in [7, 11) is 0. The number of fused-ring (bicyclic) bond motifs is 2. The van der Waals surface area contributed by atoms with E-state index < -0.39 is 0 Å². The number of benzene rings is 1. The van der Waals surface area contributed by atoms with Gasteiger partial charge in [-0.05, 0) is 42.5 Å². The molecule has 0 nitrogen and oxygen atoms in total. The maximum Gasteiger partial charge on any atom is 0.0124 e. The molecule has 0 saturated carbocycles. The SMILES string of the molecule is Cc1cc2c(s1)Cc1ccccc1CC2. The van der Waals surface area contributed by atoms with Gasteiger partial charge < -0.3 is 0 Å². The molecule has 1 aliphatic rings. The topological polar surface area (TPSA) is 0 Å². The number of rotatable bonds is 0. The summed E-state index contributed by atoms with van der Waals surface area (Å²) < 4.78 is 0. The molecule has 0 amide bonds. The largest absolute Gasteiger partial charge is 0.145 e. The zero-order chi connectivity index (χ0) is 10.3. The Morgan fingerprint density at radius 2 is 1.73 bits per heavy atom. The summed E-state index contributed by atoms with van der Waals surface area (Å²) in [5.41, 5.74) is 4.64. The summed E-state index contributed by atoms with van der Waals surface area (Å²) in [5.74, 6) is 0. The molecule has 0 N–H and O–H groups in total. The molecule has 1 aromatic heterocycles. The molecule has 0 spiro atoms. The van der Waals surface area contributed by atoms with Crippen molar-refractivity contribution in [3.8, 4) is 0 Å². The minimum atomic E-state index is 1.14. The van der Waals surface area contributed by atoms with Crippen molar-refractivity contribution in [2.24, 2.45) is 0 Å². The third kappa shape index (κ3) is 1.61. The van der Waals surface area contributed by atoms with Gasteiger partial charge in [-0.1, -0.05) is 24.3 Å². The van der Waals surface area contributed by atoms with Gasteiger partial charge in [0, 0.05) is 16.2 Å².